The first-order chi connectivity index (χ1) is 4.79. The van der Waals surface area contributed by atoms with Crippen LogP contribution in [0.3, 0.4) is 0 Å². The van der Waals surface area contributed by atoms with E-state index < -0.39 is 0 Å². The van der Waals surface area contributed by atoms with Gasteiger partial charge in [-0.25, -0.2) is 0 Å². The maximum absolute atomic E-state index is 2.26. The number of hydrogen-bond acceptors (Lipinski definition) is 0. The summed E-state index contributed by atoms with van der Waals surface area (Å²) in [6, 6.07) is 0. The van der Waals surface area contributed by atoms with Crippen LogP contribution in [0, 0.1) is 13.8 Å². The van der Waals surface area contributed by atoms with Crippen molar-refractivity contribution in [3.05, 3.63) is 33.4 Å². The zero-order valence-corrected chi connectivity index (χ0v) is 6.41. The number of benzene rings is 1. The van der Waals surface area contributed by atoms with E-state index in [9.17, 15) is 0 Å². The summed E-state index contributed by atoms with van der Waals surface area (Å²) in [7, 11) is 0. The van der Waals surface area contributed by atoms with Gasteiger partial charge in [0.15, 0.2) is 0 Å². The van der Waals surface area contributed by atoms with Gasteiger partial charge in [0, 0.05) is 0 Å². The molecule has 0 bridgehead atoms. The third-order valence-corrected chi connectivity index (χ3v) is 3.02. The molecule has 0 aromatic heterocycles. The molecule has 0 aliphatic heterocycles. The fraction of sp³-hybridized carbons (Fsp3) is 0.400. The smallest absolute Gasteiger partial charge is 0.00142 e. The first kappa shape index (κ1) is 4.95. The summed E-state index contributed by atoms with van der Waals surface area (Å²) in [6.45, 7) is 4.53. The van der Waals surface area contributed by atoms with Gasteiger partial charge in [0.05, 0.1) is 0 Å². The first-order valence-electron chi connectivity index (χ1n) is 3.91. The number of fused-ring (bicyclic) bond motifs is 3. The molecule has 0 radical (unpaired) electrons. The Morgan fingerprint density at radius 1 is 0.700 bits per heavy atom. The minimum Gasteiger partial charge on any atom is -0.0441 e. The first-order valence-corrected chi connectivity index (χ1v) is 3.91. The topological polar surface area (TPSA) is 0 Å². The van der Waals surface area contributed by atoms with Crippen LogP contribution in [0.5, 0.6) is 0 Å². The molecule has 0 N–H and O–H groups in total. The standard InChI is InChI=1S/C10H10/c1-5-6(2)8-4-10(8)9-3-7(5)9/h3-4H2,1-2H3. The average Bonchev–Trinajstić information content (AvgIpc) is 2.71. The van der Waals surface area contributed by atoms with E-state index in [1.165, 1.54) is 12.8 Å². The van der Waals surface area contributed by atoms with Crippen LogP contribution in [0.1, 0.15) is 33.4 Å². The Hall–Kier alpha value is -0.780. The van der Waals surface area contributed by atoms with Crippen molar-refractivity contribution >= 4 is 0 Å². The third kappa shape index (κ3) is 0.377. The van der Waals surface area contributed by atoms with E-state index in [0.717, 1.165) is 0 Å². The molecule has 0 spiro atoms. The molecule has 1 aromatic carbocycles. The highest BCUT2D eigenvalue weighted by molar-refractivity contribution is 5.69. The van der Waals surface area contributed by atoms with Crippen LogP contribution in [-0.4, -0.2) is 0 Å². The second-order valence-corrected chi connectivity index (χ2v) is 3.52. The summed E-state index contributed by atoms with van der Waals surface area (Å²) in [5.41, 5.74) is 9.86. The fourth-order valence-electron chi connectivity index (χ4n) is 2.01. The van der Waals surface area contributed by atoms with E-state index in [-0.39, 0.29) is 0 Å². The highest BCUT2D eigenvalue weighted by atomic mass is 14.4. The summed E-state index contributed by atoms with van der Waals surface area (Å²) in [4.78, 5) is 0. The summed E-state index contributed by atoms with van der Waals surface area (Å²) >= 11 is 0. The normalized spacial score (nSPS) is 16.2. The molecular weight excluding hydrogens is 120 g/mol. The lowest BCUT2D eigenvalue weighted by atomic mass is 10.1. The monoisotopic (exact) mass is 130 g/mol. The minimum absolute atomic E-state index is 1.31. The molecule has 0 saturated heterocycles. The SMILES string of the molecule is Cc1c(C)c2c(c3c1C3)C2. The summed E-state index contributed by atoms with van der Waals surface area (Å²) in [6.07, 6.45) is 2.62. The average molecular weight is 130 g/mol. The van der Waals surface area contributed by atoms with Gasteiger partial charge in [0.25, 0.3) is 0 Å². The number of hydrogen-bond donors (Lipinski definition) is 0. The second-order valence-electron chi connectivity index (χ2n) is 3.52. The van der Waals surface area contributed by atoms with Gasteiger partial charge in [-0.2, -0.15) is 0 Å². The van der Waals surface area contributed by atoms with Crippen molar-refractivity contribution in [2.24, 2.45) is 0 Å². The lowest BCUT2D eigenvalue weighted by Gasteiger charge is -1.93. The van der Waals surface area contributed by atoms with E-state index >= 15 is 0 Å². The van der Waals surface area contributed by atoms with Crippen LogP contribution >= 0.6 is 0 Å². The molecule has 2 aliphatic rings. The van der Waals surface area contributed by atoms with E-state index in [2.05, 4.69) is 13.8 Å². The zero-order valence-electron chi connectivity index (χ0n) is 6.41. The van der Waals surface area contributed by atoms with E-state index in [4.69, 9.17) is 0 Å². The Labute approximate surface area is 60.9 Å². The lowest BCUT2D eigenvalue weighted by molar-refractivity contribution is 1.32. The summed E-state index contributed by atoms with van der Waals surface area (Å²) in [5.74, 6) is 0. The van der Waals surface area contributed by atoms with Gasteiger partial charge in [-0.05, 0) is 60.1 Å². The largest absolute Gasteiger partial charge is 0.0441 e. The molecule has 0 unspecified atom stereocenters. The van der Waals surface area contributed by atoms with Gasteiger partial charge < -0.3 is 0 Å². The van der Waals surface area contributed by atoms with Gasteiger partial charge >= 0.3 is 0 Å². The predicted octanol–water partition coefficient (Wildman–Crippen LogP) is 2.11. The molecule has 0 heteroatoms. The van der Waals surface area contributed by atoms with Crippen LogP contribution in [-0.2, 0) is 12.8 Å². The molecular formula is C10H10. The lowest BCUT2D eigenvalue weighted by Crippen LogP contribution is -1.77. The van der Waals surface area contributed by atoms with Crippen LogP contribution in [0.15, 0.2) is 0 Å². The highest BCUT2D eigenvalue weighted by Crippen LogP contribution is 2.47. The van der Waals surface area contributed by atoms with Crippen molar-refractivity contribution in [1.82, 2.24) is 0 Å². The highest BCUT2D eigenvalue weighted by Gasteiger charge is 2.34. The molecule has 0 fully saturated rings. The molecule has 2 aliphatic carbocycles. The molecule has 0 amide bonds. The maximum Gasteiger partial charge on any atom is -0.00142 e. The van der Waals surface area contributed by atoms with E-state index in [1.807, 2.05) is 0 Å². The Morgan fingerprint density at radius 2 is 1.10 bits per heavy atom. The van der Waals surface area contributed by atoms with Crippen LogP contribution in [0.4, 0.5) is 0 Å². The molecule has 50 valence electrons. The molecule has 0 nitrogen and oxygen atoms in total. The van der Waals surface area contributed by atoms with Gasteiger partial charge in [-0.1, -0.05) is 0 Å². The fourth-order valence-corrected chi connectivity index (χ4v) is 2.01. The minimum atomic E-state index is 1.31. The van der Waals surface area contributed by atoms with Gasteiger partial charge in [-0.15, -0.1) is 0 Å². The quantitative estimate of drug-likeness (QED) is 0.437. The molecule has 0 heterocycles. The molecule has 0 atom stereocenters. The maximum atomic E-state index is 2.26. The van der Waals surface area contributed by atoms with Crippen molar-refractivity contribution in [1.29, 1.82) is 0 Å². The predicted molar refractivity (Wildman–Crippen MR) is 41.5 cm³/mol. The van der Waals surface area contributed by atoms with E-state index in [0.29, 0.717) is 0 Å². The Bertz CT molecular complexity index is 311. The molecule has 10 heavy (non-hydrogen) atoms. The van der Waals surface area contributed by atoms with Crippen molar-refractivity contribution in [3.8, 4) is 0 Å². The van der Waals surface area contributed by atoms with Crippen molar-refractivity contribution in [3.63, 3.8) is 0 Å². The Morgan fingerprint density at radius 3 is 1.50 bits per heavy atom. The molecule has 3 rings (SSSR count). The van der Waals surface area contributed by atoms with Crippen molar-refractivity contribution in [2.75, 3.05) is 0 Å². The van der Waals surface area contributed by atoms with E-state index in [1.54, 1.807) is 33.4 Å². The second kappa shape index (κ2) is 1.16. The Kier molecular flexibility index (Phi) is 0.574. The van der Waals surface area contributed by atoms with Crippen LogP contribution in [0.25, 0.3) is 0 Å². The van der Waals surface area contributed by atoms with Crippen LogP contribution < -0.4 is 0 Å². The van der Waals surface area contributed by atoms with Gasteiger partial charge in [0.2, 0.25) is 0 Å². The van der Waals surface area contributed by atoms with Gasteiger partial charge in [-0.3, -0.25) is 0 Å². The zero-order chi connectivity index (χ0) is 6.88. The molecule has 1 aromatic rings. The number of rotatable bonds is 0. The molecule has 0 saturated carbocycles. The van der Waals surface area contributed by atoms with Crippen molar-refractivity contribution in [2.45, 2.75) is 26.7 Å². The third-order valence-electron chi connectivity index (χ3n) is 3.02. The van der Waals surface area contributed by atoms with Crippen LogP contribution in [0.2, 0.25) is 0 Å². The Balaban J connectivity index is 2.47. The van der Waals surface area contributed by atoms with Gasteiger partial charge in [0.1, 0.15) is 0 Å². The van der Waals surface area contributed by atoms with Crippen molar-refractivity contribution < 1.29 is 0 Å². The summed E-state index contributed by atoms with van der Waals surface area (Å²) in [5, 5.41) is 0. The summed E-state index contributed by atoms with van der Waals surface area (Å²) < 4.78 is 0.